The summed E-state index contributed by atoms with van der Waals surface area (Å²) in [7, 11) is 2.67. The molecule has 0 aliphatic carbocycles. The third kappa shape index (κ3) is 13.2. The molecule has 0 amide bonds. The summed E-state index contributed by atoms with van der Waals surface area (Å²) in [6.45, 7) is 34.2. The second-order valence-corrected chi connectivity index (χ2v) is 22.5. The number of rotatable bonds is 21. The number of benzene rings is 5. The second-order valence-electron chi connectivity index (χ2n) is 22.5. The van der Waals surface area contributed by atoms with Gasteiger partial charge in [0.2, 0.25) is 0 Å². The molecule has 7 nitrogen and oxygen atoms in total. The lowest BCUT2D eigenvalue weighted by molar-refractivity contribution is -0.139. The van der Waals surface area contributed by atoms with Crippen LogP contribution in [0.2, 0.25) is 0 Å². The molecule has 6 rings (SSSR count). The lowest BCUT2D eigenvalue weighted by atomic mass is 9.68. The van der Waals surface area contributed by atoms with Gasteiger partial charge in [0, 0.05) is 16.4 Å². The van der Waals surface area contributed by atoms with Crippen molar-refractivity contribution in [3.05, 3.63) is 164 Å². The first kappa shape index (κ1) is 61.6. The van der Waals surface area contributed by atoms with Crippen molar-refractivity contribution < 1.29 is 33.8 Å². The molecule has 0 bridgehead atoms. The highest BCUT2D eigenvalue weighted by molar-refractivity contribution is 6.62. The first-order valence-corrected chi connectivity index (χ1v) is 28.2. The fraction of sp³-hybridized carbons (Fsp3) is 0.485. The number of aryl methyl sites for hydroxylation is 4. The molecule has 0 atom stereocenters. The van der Waals surface area contributed by atoms with E-state index in [0.29, 0.717) is 31.4 Å². The number of carbonyl (C=O) groups excluding carboxylic acids is 1. The molecule has 0 spiro atoms. The van der Waals surface area contributed by atoms with Crippen LogP contribution in [0.3, 0.4) is 0 Å². The Labute approximate surface area is 459 Å². The molecule has 0 aromatic heterocycles. The number of hydrogen-bond donors (Lipinski definition) is 2. The van der Waals surface area contributed by atoms with Crippen LogP contribution in [0.15, 0.2) is 103 Å². The van der Waals surface area contributed by atoms with Crippen LogP contribution in [-0.2, 0) is 36.1 Å². The standard InChI is InChI=1S/C36H46O4.C32H47BO3/c1-9-35(38,10-2)20-19-27-13-15-30(21-25(27)5)36(11-3,12-4)31-16-17-32(26(6)22-31)28-14-18-33(39-7)29(23-28)24-34(37)40-8;1-11-31(34,12-2)20-19-25-15-16-26(21-23(25)5)32(13-3,14-4)27-17-18-28(24(6)22-27)33-35-29(7,8)30(9,10)36-33/h13-23,38H,9-12,24H2,1-8H3;15-22,34H,11-14H2,1-10H3/b2*20-19+. The van der Waals surface area contributed by atoms with E-state index in [1.54, 1.807) is 7.11 Å². The van der Waals surface area contributed by atoms with Gasteiger partial charge in [0.1, 0.15) is 5.75 Å². The molecule has 76 heavy (non-hydrogen) atoms. The van der Waals surface area contributed by atoms with Crippen LogP contribution in [0.4, 0.5) is 0 Å². The average molecular weight is 1030 g/mol. The van der Waals surface area contributed by atoms with Gasteiger partial charge in [-0.15, -0.1) is 0 Å². The number of ether oxygens (including phenoxy) is 2. The van der Waals surface area contributed by atoms with E-state index in [-0.39, 0.29) is 41.5 Å². The minimum Gasteiger partial charge on any atom is -0.496 e. The van der Waals surface area contributed by atoms with Crippen molar-refractivity contribution in [3.8, 4) is 16.9 Å². The van der Waals surface area contributed by atoms with Crippen LogP contribution in [0, 0.1) is 27.7 Å². The van der Waals surface area contributed by atoms with Crippen molar-refractivity contribution in [2.24, 2.45) is 0 Å². The van der Waals surface area contributed by atoms with E-state index in [1.165, 1.54) is 51.6 Å². The van der Waals surface area contributed by atoms with Gasteiger partial charge in [-0.2, -0.15) is 0 Å². The Kier molecular flexibility index (Phi) is 20.7. The summed E-state index contributed by atoms with van der Waals surface area (Å²) >= 11 is 0. The molecule has 1 heterocycles. The maximum absolute atomic E-state index is 12.0. The van der Waals surface area contributed by atoms with E-state index in [1.807, 2.05) is 58.0 Å². The first-order valence-electron chi connectivity index (χ1n) is 28.2. The topological polar surface area (TPSA) is 94.5 Å². The van der Waals surface area contributed by atoms with E-state index < -0.39 is 11.2 Å². The summed E-state index contributed by atoms with van der Waals surface area (Å²) in [5, 5.41) is 21.4. The van der Waals surface area contributed by atoms with Crippen LogP contribution in [0.25, 0.3) is 23.3 Å². The smallest absolute Gasteiger partial charge is 0.495 e. The second kappa shape index (κ2) is 25.5. The number of carbonyl (C=O) groups is 1. The molecule has 1 aliphatic rings. The molecule has 0 unspecified atom stereocenters. The fourth-order valence-corrected chi connectivity index (χ4v) is 11.1. The van der Waals surface area contributed by atoms with Crippen molar-refractivity contribution in [1.29, 1.82) is 0 Å². The van der Waals surface area contributed by atoms with Crippen molar-refractivity contribution in [3.63, 3.8) is 0 Å². The van der Waals surface area contributed by atoms with Gasteiger partial charge in [0.05, 0.1) is 43.0 Å². The Bertz CT molecular complexity index is 2800. The Morgan fingerprint density at radius 1 is 0.539 bits per heavy atom. The van der Waals surface area contributed by atoms with Gasteiger partial charge < -0.3 is 29.0 Å². The van der Waals surface area contributed by atoms with Gasteiger partial charge in [0.15, 0.2) is 0 Å². The predicted octanol–water partition coefficient (Wildman–Crippen LogP) is 15.6. The highest BCUT2D eigenvalue weighted by Gasteiger charge is 2.52. The largest absolute Gasteiger partial charge is 0.496 e. The number of aliphatic hydroxyl groups is 2. The zero-order chi connectivity index (χ0) is 56.4. The normalized spacial score (nSPS) is 14.8. The summed E-state index contributed by atoms with van der Waals surface area (Å²) < 4.78 is 23.1. The molecule has 2 N–H and O–H groups in total. The number of esters is 1. The molecule has 1 saturated heterocycles. The Balaban J connectivity index is 0.000000282. The van der Waals surface area contributed by atoms with Crippen LogP contribution < -0.4 is 10.2 Å². The van der Waals surface area contributed by atoms with Gasteiger partial charge in [-0.05, 0) is 186 Å². The van der Waals surface area contributed by atoms with Gasteiger partial charge in [0.25, 0.3) is 0 Å². The monoisotopic (exact) mass is 1030 g/mol. The summed E-state index contributed by atoms with van der Waals surface area (Å²) in [4.78, 5) is 12.0. The summed E-state index contributed by atoms with van der Waals surface area (Å²) in [6, 6.07) is 33.1. The molecule has 1 aliphatic heterocycles. The van der Waals surface area contributed by atoms with Crippen LogP contribution in [-0.4, -0.2) is 59.9 Å². The van der Waals surface area contributed by atoms with Crippen molar-refractivity contribution in [1.82, 2.24) is 0 Å². The average Bonchev–Trinajstić information content (AvgIpc) is 3.63. The molecule has 5 aromatic carbocycles. The van der Waals surface area contributed by atoms with Crippen LogP contribution >= 0.6 is 0 Å². The summed E-state index contributed by atoms with van der Waals surface area (Å²) in [5.41, 5.74) is 14.1. The number of hydrogen-bond acceptors (Lipinski definition) is 7. The highest BCUT2D eigenvalue weighted by Crippen LogP contribution is 2.43. The van der Waals surface area contributed by atoms with Crippen LogP contribution in [0.1, 0.15) is 196 Å². The van der Waals surface area contributed by atoms with E-state index in [4.69, 9.17) is 18.8 Å². The molecule has 8 heteroatoms. The molecular weight excluding hydrogens is 940 g/mol. The van der Waals surface area contributed by atoms with E-state index in [2.05, 4.69) is 168 Å². The molecule has 0 radical (unpaired) electrons. The summed E-state index contributed by atoms with van der Waals surface area (Å²) in [6.07, 6.45) is 15.0. The zero-order valence-corrected chi connectivity index (χ0v) is 49.8. The minimum atomic E-state index is -0.759. The van der Waals surface area contributed by atoms with Gasteiger partial charge >= 0.3 is 13.1 Å². The maximum Gasteiger partial charge on any atom is 0.495 e. The third-order valence-electron chi connectivity index (χ3n) is 17.9. The quantitative estimate of drug-likeness (QED) is 0.0558. The Morgan fingerprint density at radius 3 is 1.32 bits per heavy atom. The minimum absolute atomic E-state index is 0.0696. The molecule has 410 valence electrons. The first-order chi connectivity index (χ1) is 35.9. The zero-order valence-electron chi connectivity index (χ0n) is 49.8. The fourth-order valence-electron chi connectivity index (χ4n) is 11.1. The summed E-state index contributed by atoms with van der Waals surface area (Å²) in [5.74, 6) is 0.392. The molecule has 1 fully saturated rings. The lowest BCUT2D eigenvalue weighted by Gasteiger charge is -2.34. The van der Waals surface area contributed by atoms with E-state index >= 15 is 0 Å². The van der Waals surface area contributed by atoms with E-state index in [9.17, 15) is 15.0 Å². The van der Waals surface area contributed by atoms with E-state index in [0.717, 1.165) is 59.0 Å². The van der Waals surface area contributed by atoms with Crippen molar-refractivity contribution >= 4 is 30.7 Å². The molecule has 0 saturated carbocycles. The predicted molar refractivity (Wildman–Crippen MR) is 320 cm³/mol. The van der Waals surface area contributed by atoms with Gasteiger partial charge in [-0.25, -0.2) is 0 Å². The molecular formula is C68H93BO7. The number of methoxy groups -OCH3 is 2. The Morgan fingerprint density at radius 2 is 0.947 bits per heavy atom. The third-order valence-corrected chi connectivity index (χ3v) is 17.9. The van der Waals surface area contributed by atoms with Gasteiger partial charge in [-0.1, -0.05) is 164 Å². The van der Waals surface area contributed by atoms with Gasteiger partial charge in [-0.3, -0.25) is 4.79 Å². The van der Waals surface area contributed by atoms with Crippen LogP contribution in [0.5, 0.6) is 5.75 Å². The highest BCUT2D eigenvalue weighted by atomic mass is 16.7. The molecule has 5 aromatic rings. The van der Waals surface area contributed by atoms with Crippen molar-refractivity contribution in [2.75, 3.05) is 14.2 Å². The van der Waals surface area contributed by atoms with Crippen molar-refractivity contribution in [2.45, 2.75) is 202 Å². The maximum atomic E-state index is 12.0. The lowest BCUT2D eigenvalue weighted by Crippen LogP contribution is -2.41. The Hall–Kier alpha value is -5.25. The SMILES string of the molecule is CCC(O)(/C=C/c1ccc(C(CC)(CC)c2ccc(-c3ccc(OC)c(CC(=O)OC)c3)c(C)c2)cc1C)CC.CCC(O)(/C=C/c1ccc(C(CC)(CC)c2ccc(B3OC(C)(C)C(C)(C)O3)c(C)c2)cc1C)CC.